The number of nitrogens with two attached hydrogens (primary N) is 1. The van der Waals surface area contributed by atoms with Gasteiger partial charge in [0.05, 0.1) is 11.2 Å². The molecule has 0 fully saturated rings. The van der Waals surface area contributed by atoms with Crippen LogP contribution in [0.2, 0.25) is 0 Å². The average molecular weight is 421 g/mol. The van der Waals surface area contributed by atoms with Crippen molar-refractivity contribution in [1.29, 1.82) is 0 Å². The van der Waals surface area contributed by atoms with E-state index in [1.165, 1.54) is 6.33 Å². The van der Waals surface area contributed by atoms with Gasteiger partial charge < -0.3 is 10.5 Å². The Kier molecular flexibility index (Phi) is 6.08. The Labute approximate surface area is 187 Å². The van der Waals surface area contributed by atoms with Crippen LogP contribution in [0.4, 0.5) is 5.82 Å². The summed E-state index contributed by atoms with van der Waals surface area (Å²) in [5.41, 5.74) is 12.8. The average Bonchev–Trinajstić information content (AvgIpc) is 2.81. The lowest BCUT2D eigenvalue weighted by molar-refractivity contribution is 0.355. The molecule has 2 N–H and O–H groups in total. The smallest absolute Gasteiger partial charge is 0.134 e. The molecular weight excluding hydrogens is 396 g/mol. The molecule has 0 radical (unpaired) electrons. The summed E-state index contributed by atoms with van der Waals surface area (Å²) >= 11 is 0. The van der Waals surface area contributed by atoms with E-state index in [1.807, 2.05) is 49.4 Å². The highest BCUT2D eigenvalue weighted by Gasteiger charge is 2.12. The molecule has 4 aromatic rings. The maximum absolute atomic E-state index is 6.08. The molecule has 2 heterocycles. The van der Waals surface area contributed by atoms with Gasteiger partial charge in [0.15, 0.2) is 0 Å². The molecule has 0 aliphatic heterocycles. The minimum atomic E-state index is 0.414. The number of ether oxygens (including phenoxy) is 1. The third-order valence-corrected chi connectivity index (χ3v) is 5.11. The number of aryl methyl sites for hydroxylation is 1. The van der Waals surface area contributed by atoms with Crippen LogP contribution in [-0.2, 0) is 0 Å². The Balaban J connectivity index is 1.75. The molecule has 2 aromatic carbocycles. The Morgan fingerprint density at radius 3 is 2.72 bits per heavy atom. The predicted molar refractivity (Wildman–Crippen MR) is 131 cm³/mol. The zero-order valence-corrected chi connectivity index (χ0v) is 18.0. The molecule has 158 valence electrons. The Bertz CT molecular complexity index is 1340. The number of hydrogen-bond acceptors (Lipinski definition) is 5. The van der Waals surface area contributed by atoms with Crippen molar-refractivity contribution in [1.82, 2.24) is 15.0 Å². The highest BCUT2D eigenvalue weighted by atomic mass is 16.5. The van der Waals surface area contributed by atoms with Gasteiger partial charge in [-0.05, 0) is 60.0 Å². The molecule has 0 amide bonds. The van der Waals surface area contributed by atoms with E-state index in [2.05, 4.69) is 35.3 Å². The monoisotopic (exact) mass is 420 g/mol. The first-order chi connectivity index (χ1) is 15.6. The van der Waals surface area contributed by atoms with Crippen molar-refractivity contribution in [3.05, 3.63) is 104 Å². The lowest BCUT2D eigenvalue weighted by Crippen LogP contribution is -2.00. The maximum Gasteiger partial charge on any atom is 0.134 e. The van der Waals surface area contributed by atoms with Crippen molar-refractivity contribution in [3.63, 3.8) is 0 Å². The lowest BCUT2D eigenvalue weighted by atomic mass is 9.97. The second-order valence-corrected chi connectivity index (χ2v) is 7.40. The topological polar surface area (TPSA) is 73.9 Å². The van der Waals surface area contributed by atoms with Crippen molar-refractivity contribution >= 4 is 16.7 Å². The number of allylic oxidation sites excluding steroid dienone is 2. The minimum absolute atomic E-state index is 0.414. The normalized spacial score (nSPS) is 11.3. The summed E-state index contributed by atoms with van der Waals surface area (Å²) in [5, 5.41) is 0.819. The fourth-order valence-electron chi connectivity index (χ4n) is 3.57. The number of nitrogens with zero attached hydrogens (tertiary/aromatic N) is 3. The molecule has 5 heteroatoms. The van der Waals surface area contributed by atoms with Gasteiger partial charge in [-0.3, -0.25) is 4.98 Å². The Morgan fingerprint density at radius 1 is 1.03 bits per heavy atom. The molecule has 2 aromatic heterocycles. The molecule has 0 aliphatic carbocycles. The van der Waals surface area contributed by atoms with Crippen LogP contribution in [0.25, 0.3) is 33.3 Å². The van der Waals surface area contributed by atoms with E-state index in [0.717, 1.165) is 50.2 Å². The number of rotatable bonds is 7. The summed E-state index contributed by atoms with van der Waals surface area (Å²) < 4.78 is 6.03. The fraction of sp³-hybridized carbons (Fsp3) is 0.0741. The number of anilines is 1. The molecule has 0 unspecified atom stereocenters. The first-order valence-electron chi connectivity index (χ1n) is 10.2. The number of hydrogen-bond donors (Lipinski definition) is 1. The number of nitrogen functional groups attached to an aromatic ring is 1. The van der Waals surface area contributed by atoms with Crippen LogP contribution in [0, 0.1) is 6.92 Å². The highest BCUT2D eigenvalue weighted by molar-refractivity contribution is 5.93. The zero-order valence-electron chi connectivity index (χ0n) is 18.0. The number of benzene rings is 2. The number of fused-ring (bicyclic) bond motifs is 1. The predicted octanol–water partition coefficient (Wildman–Crippen LogP) is 5.93. The molecule has 0 saturated heterocycles. The van der Waals surface area contributed by atoms with Crippen LogP contribution >= 0.6 is 0 Å². The second-order valence-electron chi connectivity index (χ2n) is 7.40. The third kappa shape index (κ3) is 4.42. The maximum atomic E-state index is 6.08. The van der Waals surface area contributed by atoms with Gasteiger partial charge >= 0.3 is 0 Å². The fourth-order valence-corrected chi connectivity index (χ4v) is 3.57. The molecule has 0 spiro atoms. The molecular formula is C27H24N4O. The van der Waals surface area contributed by atoms with E-state index >= 15 is 0 Å². The summed E-state index contributed by atoms with van der Waals surface area (Å²) in [5.74, 6) is 1.23. The van der Waals surface area contributed by atoms with Gasteiger partial charge in [-0.2, -0.15) is 0 Å². The van der Waals surface area contributed by atoms with E-state index in [4.69, 9.17) is 15.5 Å². The molecule has 0 aliphatic rings. The summed E-state index contributed by atoms with van der Waals surface area (Å²) in [6.07, 6.45) is 8.65. The van der Waals surface area contributed by atoms with E-state index in [0.29, 0.717) is 12.4 Å². The molecule has 0 atom stereocenters. The van der Waals surface area contributed by atoms with Crippen molar-refractivity contribution in [2.24, 2.45) is 0 Å². The van der Waals surface area contributed by atoms with Gasteiger partial charge in [0.1, 0.15) is 24.5 Å². The van der Waals surface area contributed by atoms with Gasteiger partial charge in [0, 0.05) is 22.7 Å². The van der Waals surface area contributed by atoms with Gasteiger partial charge in [-0.25, -0.2) is 9.97 Å². The van der Waals surface area contributed by atoms with Crippen LogP contribution < -0.4 is 10.5 Å². The van der Waals surface area contributed by atoms with Crippen molar-refractivity contribution in [3.8, 4) is 28.1 Å². The number of pyridine rings is 1. The first-order valence-corrected chi connectivity index (χ1v) is 10.2. The van der Waals surface area contributed by atoms with Gasteiger partial charge in [0.2, 0.25) is 0 Å². The number of aromatic nitrogens is 3. The van der Waals surface area contributed by atoms with Gasteiger partial charge in [-0.15, -0.1) is 0 Å². The molecule has 0 saturated carbocycles. The molecule has 5 nitrogen and oxygen atoms in total. The largest absolute Gasteiger partial charge is 0.489 e. The second kappa shape index (κ2) is 9.27. The quantitative estimate of drug-likeness (QED) is 0.375. The van der Waals surface area contributed by atoms with Crippen molar-refractivity contribution in [2.45, 2.75) is 6.92 Å². The molecule has 32 heavy (non-hydrogen) atoms. The third-order valence-electron chi connectivity index (χ3n) is 5.11. The molecule has 4 rings (SSSR count). The van der Waals surface area contributed by atoms with Crippen molar-refractivity contribution in [2.75, 3.05) is 12.3 Å². The highest BCUT2D eigenvalue weighted by Crippen LogP contribution is 2.34. The zero-order chi connectivity index (χ0) is 22.5. The van der Waals surface area contributed by atoms with Gasteiger partial charge in [0.25, 0.3) is 0 Å². The SMILES string of the molecule is C=C/C=C(\C=C)COc1cc(C)cc(-c2ncccc2-c2ccc3ncnc(N)c3c2)c1. The Morgan fingerprint density at radius 2 is 1.91 bits per heavy atom. The lowest BCUT2D eigenvalue weighted by Gasteiger charge is -2.13. The Hall–Kier alpha value is -4.25. The summed E-state index contributed by atoms with van der Waals surface area (Å²) in [4.78, 5) is 13.1. The summed E-state index contributed by atoms with van der Waals surface area (Å²) in [6.45, 7) is 10.0. The van der Waals surface area contributed by atoms with Crippen LogP contribution in [0.5, 0.6) is 5.75 Å². The first kappa shape index (κ1) is 21.0. The van der Waals surface area contributed by atoms with Crippen LogP contribution in [-0.4, -0.2) is 21.6 Å². The van der Waals surface area contributed by atoms with E-state index < -0.39 is 0 Å². The van der Waals surface area contributed by atoms with Crippen LogP contribution in [0.1, 0.15) is 5.56 Å². The van der Waals surface area contributed by atoms with Gasteiger partial charge in [-0.1, -0.05) is 43.5 Å². The standard InChI is InChI=1S/C27H24N4O/c1-4-7-19(5-2)16-32-22-13-18(3)12-21(14-22)26-23(8-6-11-29-26)20-9-10-25-24(15-20)27(28)31-17-30-25/h4-15,17H,1-2,16H2,3H3,(H2,28,30,31)/b19-7+. The minimum Gasteiger partial charge on any atom is -0.489 e. The summed E-state index contributed by atoms with van der Waals surface area (Å²) in [6, 6.07) is 16.1. The molecule has 0 bridgehead atoms. The van der Waals surface area contributed by atoms with E-state index in [1.54, 1.807) is 18.3 Å². The summed E-state index contributed by atoms with van der Waals surface area (Å²) in [7, 11) is 0. The van der Waals surface area contributed by atoms with E-state index in [9.17, 15) is 0 Å². The van der Waals surface area contributed by atoms with Crippen molar-refractivity contribution < 1.29 is 4.74 Å². The van der Waals surface area contributed by atoms with Crippen LogP contribution in [0.3, 0.4) is 0 Å². The van der Waals surface area contributed by atoms with Crippen LogP contribution in [0.15, 0.2) is 98.0 Å². The van der Waals surface area contributed by atoms with E-state index in [-0.39, 0.29) is 0 Å².